The van der Waals surface area contributed by atoms with Crippen molar-refractivity contribution in [3.05, 3.63) is 0 Å². The van der Waals surface area contributed by atoms with Crippen LogP contribution in [0.4, 0.5) is 0 Å². The zero-order chi connectivity index (χ0) is 6.97. The third kappa shape index (κ3) is 0.814. The minimum absolute atomic E-state index is 0.247. The molecule has 2 aliphatic heterocycles. The summed E-state index contributed by atoms with van der Waals surface area (Å²) in [5.74, 6) is 1.14. The molecule has 0 spiro atoms. The number of amides is 1. The van der Waals surface area contributed by atoms with Crippen LogP contribution in [-0.2, 0) is 4.79 Å². The number of hydrogen-bond acceptors (Lipinski definition) is 2. The molecule has 3 heteroatoms. The summed E-state index contributed by atoms with van der Waals surface area (Å²) in [6.07, 6.45) is 1.16. The first-order chi connectivity index (χ1) is 4.88. The second-order valence-electron chi connectivity index (χ2n) is 3.10. The van der Waals surface area contributed by atoms with Gasteiger partial charge in [-0.25, -0.2) is 0 Å². The SMILES string of the molecule is O=C1NC[C@@H]2CCNC[C@H]12. The molecule has 2 rings (SSSR count). The number of nitrogens with one attached hydrogen (secondary N) is 2. The van der Waals surface area contributed by atoms with Gasteiger partial charge in [0.05, 0.1) is 5.92 Å². The molecule has 0 aromatic carbocycles. The first-order valence-corrected chi connectivity index (χ1v) is 3.86. The Labute approximate surface area is 60.2 Å². The Morgan fingerprint density at radius 3 is 3.10 bits per heavy atom. The Morgan fingerprint density at radius 1 is 1.40 bits per heavy atom. The zero-order valence-electron chi connectivity index (χ0n) is 5.89. The highest BCUT2D eigenvalue weighted by Gasteiger charge is 2.35. The maximum atomic E-state index is 11.1. The Balaban J connectivity index is 2.08. The van der Waals surface area contributed by atoms with Gasteiger partial charge in [0.2, 0.25) is 5.91 Å². The van der Waals surface area contributed by atoms with Gasteiger partial charge in [0.1, 0.15) is 0 Å². The van der Waals surface area contributed by atoms with Gasteiger partial charge in [-0.15, -0.1) is 0 Å². The highest BCUT2D eigenvalue weighted by molar-refractivity contribution is 5.81. The molecule has 2 N–H and O–H groups in total. The summed E-state index contributed by atoms with van der Waals surface area (Å²) in [4.78, 5) is 11.1. The van der Waals surface area contributed by atoms with Crippen LogP contribution in [0.5, 0.6) is 0 Å². The molecule has 56 valence electrons. The van der Waals surface area contributed by atoms with E-state index < -0.39 is 0 Å². The predicted molar refractivity (Wildman–Crippen MR) is 37.5 cm³/mol. The topological polar surface area (TPSA) is 41.1 Å². The van der Waals surface area contributed by atoms with Gasteiger partial charge in [0, 0.05) is 13.1 Å². The van der Waals surface area contributed by atoms with E-state index in [1.54, 1.807) is 0 Å². The van der Waals surface area contributed by atoms with E-state index in [1.807, 2.05) is 0 Å². The fraction of sp³-hybridized carbons (Fsp3) is 0.857. The summed E-state index contributed by atoms with van der Waals surface area (Å²) in [7, 11) is 0. The van der Waals surface area contributed by atoms with Crippen LogP contribution in [0.25, 0.3) is 0 Å². The van der Waals surface area contributed by atoms with E-state index in [1.165, 1.54) is 0 Å². The van der Waals surface area contributed by atoms with Gasteiger partial charge in [-0.3, -0.25) is 4.79 Å². The normalized spacial score (nSPS) is 39.0. The molecule has 2 fully saturated rings. The van der Waals surface area contributed by atoms with Crippen LogP contribution in [0.1, 0.15) is 6.42 Å². The molecule has 0 bridgehead atoms. The molecule has 0 saturated carbocycles. The Hall–Kier alpha value is -0.570. The highest BCUT2D eigenvalue weighted by Crippen LogP contribution is 2.22. The highest BCUT2D eigenvalue weighted by atomic mass is 16.2. The van der Waals surface area contributed by atoms with E-state index in [-0.39, 0.29) is 11.8 Å². The van der Waals surface area contributed by atoms with Crippen LogP contribution >= 0.6 is 0 Å². The molecule has 3 nitrogen and oxygen atoms in total. The van der Waals surface area contributed by atoms with Gasteiger partial charge in [-0.2, -0.15) is 0 Å². The second kappa shape index (κ2) is 2.23. The molecule has 2 aliphatic rings. The molecule has 2 atom stereocenters. The number of carbonyl (C=O) groups is 1. The number of carbonyl (C=O) groups excluding carboxylic acids is 1. The first kappa shape index (κ1) is 6.16. The molecule has 0 radical (unpaired) electrons. The van der Waals surface area contributed by atoms with Gasteiger partial charge in [-0.05, 0) is 18.9 Å². The van der Waals surface area contributed by atoms with Crippen molar-refractivity contribution >= 4 is 5.91 Å². The van der Waals surface area contributed by atoms with Gasteiger partial charge in [-0.1, -0.05) is 0 Å². The fourth-order valence-electron chi connectivity index (χ4n) is 1.83. The van der Waals surface area contributed by atoms with Crippen molar-refractivity contribution in [2.24, 2.45) is 11.8 Å². The smallest absolute Gasteiger partial charge is 0.224 e. The Bertz CT molecular complexity index is 158. The van der Waals surface area contributed by atoms with Crippen LogP contribution in [0, 0.1) is 11.8 Å². The monoisotopic (exact) mass is 140 g/mol. The second-order valence-corrected chi connectivity index (χ2v) is 3.10. The maximum Gasteiger partial charge on any atom is 0.224 e. The third-order valence-electron chi connectivity index (χ3n) is 2.50. The van der Waals surface area contributed by atoms with E-state index in [2.05, 4.69) is 10.6 Å². The van der Waals surface area contributed by atoms with Gasteiger partial charge in [0.15, 0.2) is 0 Å². The van der Waals surface area contributed by atoms with E-state index in [9.17, 15) is 4.79 Å². The average Bonchev–Trinajstić information content (AvgIpc) is 2.34. The van der Waals surface area contributed by atoms with E-state index in [4.69, 9.17) is 0 Å². The Morgan fingerprint density at radius 2 is 2.30 bits per heavy atom. The summed E-state index contributed by atoms with van der Waals surface area (Å²) in [5, 5.41) is 6.11. The van der Waals surface area contributed by atoms with E-state index in [0.29, 0.717) is 5.92 Å². The van der Waals surface area contributed by atoms with Crippen molar-refractivity contribution in [3.63, 3.8) is 0 Å². The summed E-state index contributed by atoms with van der Waals surface area (Å²) in [5.41, 5.74) is 0. The number of piperidine rings is 1. The van der Waals surface area contributed by atoms with Crippen LogP contribution in [0.2, 0.25) is 0 Å². The molecule has 10 heavy (non-hydrogen) atoms. The van der Waals surface area contributed by atoms with Crippen molar-refractivity contribution in [3.8, 4) is 0 Å². The molecule has 0 aromatic rings. The Kier molecular flexibility index (Phi) is 1.38. The van der Waals surface area contributed by atoms with Crippen LogP contribution < -0.4 is 10.6 Å². The quantitative estimate of drug-likeness (QED) is 0.469. The van der Waals surface area contributed by atoms with Crippen molar-refractivity contribution < 1.29 is 4.79 Å². The molecule has 0 unspecified atom stereocenters. The number of rotatable bonds is 0. The first-order valence-electron chi connectivity index (χ1n) is 3.86. The lowest BCUT2D eigenvalue weighted by atomic mass is 9.89. The lowest BCUT2D eigenvalue weighted by molar-refractivity contribution is -0.123. The lowest BCUT2D eigenvalue weighted by Gasteiger charge is -2.22. The van der Waals surface area contributed by atoms with Crippen molar-refractivity contribution in [2.45, 2.75) is 6.42 Å². The maximum absolute atomic E-state index is 11.1. The minimum atomic E-state index is 0.247. The lowest BCUT2D eigenvalue weighted by Crippen LogP contribution is -2.37. The van der Waals surface area contributed by atoms with E-state index >= 15 is 0 Å². The van der Waals surface area contributed by atoms with Gasteiger partial charge >= 0.3 is 0 Å². The molecule has 2 heterocycles. The van der Waals surface area contributed by atoms with Crippen molar-refractivity contribution in [1.29, 1.82) is 0 Å². The summed E-state index contributed by atoms with van der Waals surface area (Å²) < 4.78 is 0. The zero-order valence-corrected chi connectivity index (χ0v) is 5.89. The van der Waals surface area contributed by atoms with Gasteiger partial charge < -0.3 is 10.6 Å². The number of hydrogen-bond donors (Lipinski definition) is 2. The summed E-state index contributed by atoms with van der Waals surface area (Å²) in [6.45, 7) is 2.87. The molecule has 0 aliphatic carbocycles. The average molecular weight is 140 g/mol. The molecule has 1 amide bonds. The largest absolute Gasteiger partial charge is 0.356 e. The minimum Gasteiger partial charge on any atom is -0.356 e. The van der Waals surface area contributed by atoms with Crippen molar-refractivity contribution in [1.82, 2.24) is 10.6 Å². The van der Waals surface area contributed by atoms with Crippen LogP contribution in [0.3, 0.4) is 0 Å². The van der Waals surface area contributed by atoms with E-state index in [0.717, 1.165) is 26.1 Å². The number of fused-ring (bicyclic) bond motifs is 1. The molecule has 0 aromatic heterocycles. The fourth-order valence-corrected chi connectivity index (χ4v) is 1.83. The van der Waals surface area contributed by atoms with Gasteiger partial charge in [0.25, 0.3) is 0 Å². The van der Waals surface area contributed by atoms with Crippen LogP contribution in [0.15, 0.2) is 0 Å². The molecular weight excluding hydrogens is 128 g/mol. The van der Waals surface area contributed by atoms with Crippen LogP contribution in [-0.4, -0.2) is 25.5 Å². The summed E-state index contributed by atoms with van der Waals surface area (Å²) >= 11 is 0. The summed E-state index contributed by atoms with van der Waals surface area (Å²) in [6, 6.07) is 0. The standard InChI is InChI=1S/C7H12N2O/c10-7-6-4-8-2-1-5(6)3-9-7/h5-6,8H,1-4H2,(H,9,10)/t5-,6-/m0/s1. The molecular formula is C7H12N2O. The predicted octanol–water partition coefficient (Wildman–Crippen LogP) is -0.658. The molecule has 2 saturated heterocycles. The third-order valence-corrected chi connectivity index (χ3v) is 2.50. The van der Waals surface area contributed by atoms with Crippen molar-refractivity contribution in [2.75, 3.05) is 19.6 Å².